The van der Waals surface area contributed by atoms with Crippen LogP contribution in [0.25, 0.3) is 0 Å². The zero-order valence-corrected chi connectivity index (χ0v) is 10.1. The molecular weight excluding hydrogens is 236 g/mol. The molecule has 0 bridgehead atoms. The van der Waals surface area contributed by atoms with Gasteiger partial charge in [-0.2, -0.15) is 5.10 Å². The lowest BCUT2D eigenvalue weighted by Crippen LogP contribution is -2.08. The van der Waals surface area contributed by atoms with E-state index in [1.165, 1.54) is 18.9 Å². The fourth-order valence-electron chi connectivity index (χ4n) is 2.10. The molecule has 0 radical (unpaired) electrons. The van der Waals surface area contributed by atoms with Crippen LogP contribution in [-0.4, -0.2) is 18.2 Å². The van der Waals surface area contributed by atoms with Crippen LogP contribution in [0.4, 0.5) is 0 Å². The van der Waals surface area contributed by atoms with E-state index in [9.17, 15) is 8.42 Å². The maximum absolute atomic E-state index is 11.1. The summed E-state index contributed by atoms with van der Waals surface area (Å²) in [5.74, 6) is 0. The number of aromatic nitrogens is 2. The van der Waals surface area contributed by atoms with Crippen molar-refractivity contribution in [3.63, 3.8) is 0 Å². The summed E-state index contributed by atoms with van der Waals surface area (Å²) in [5, 5.41) is 4.03. The number of nitrogens with zero attached hydrogens (tertiary/aromatic N) is 2. The maximum atomic E-state index is 11.1. The first kappa shape index (κ1) is 11.0. The van der Waals surface area contributed by atoms with Crippen LogP contribution in [0.15, 0.2) is 11.1 Å². The molecule has 1 aliphatic carbocycles. The highest BCUT2D eigenvalue weighted by molar-refractivity contribution is 8.13. The highest BCUT2D eigenvalue weighted by Crippen LogP contribution is 2.30. The second-order valence-corrected chi connectivity index (χ2v) is 6.46. The normalized spacial score (nSPS) is 18.5. The Morgan fingerprint density at radius 2 is 2.07 bits per heavy atom. The van der Waals surface area contributed by atoms with Gasteiger partial charge in [0.05, 0.1) is 6.04 Å². The van der Waals surface area contributed by atoms with Crippen molar-refractivity contribution in [1.29, 1.82) is 0 Å². The van der Waals surface area contributed by atoms with Crippen LogP contribution in [0, 0.1) is 6.92 Å². The molecule has 1 fully saturated rings. The minimum absolute atomic E-state index is 0.0337. The minimum Gasteiger partial charge on any atom is -0.265 e. The third kappa shape index (κ3) is 2.18. The largest absolute Gasteiger partial charge is 0.280 e. The van der Waals surface area contributed by atoms with Gasteiger partial charge in [0.25, 0.3) is 9.05 Å². The van der Waals surface area contributed by atoms with E-state index in [2.05, 4.69) is 5.10 Å². The topological polar surface area (TPSA) is 52.0 Å². The van der Waals surface area contributed by atoms with Gasteiger partial charge in [0.1, 0.15) is 0 Å². The summed E-state index contributed by atoms with van der Waals surface area (Å²) in [4.78, 5) is 0. The first-order chi connectivity index (χ1) is 6.98. The number of hydrogen-bond donors (Lipinski definition) is 0. The Labute approximate surface area is 93.7 Å². The summed E-state index contributed by atoms with van der Waals surface area (Å²) < 4.78 is 24.0. The van der Waals surface area contributed by atoms with E-state index in [-0.39, 0.29) is 5.03 Å². The van der Waals surface area contributed by atoms with Crippen molar-refractivity contribution in [2.75, 3.05) is 0 Å². The molecule has 1 aromatic heterocycles. The van der Waals surface area contributed by atoms with Gasteiger partial charge in [0.2, 0.25) is 0 Å². The van der Waals surface area contributed by atoms with Gasteiger partial charge in [-0.05, 0) is 25.8 Å². The van der Waals surface area contributed by atoms with Crippen LogP contribution < -0.4 is 0 Å². The fourth-order valence-corrected chi connectivity index (χ4v) is 2.82. The molecule has 84 valence electrons. The SMILES string of the molecule is Cc1cc(S(=O)(=O)Cl)nn1C1CCCC1. The number of rotatable bonds is 2. The van der Waals surface area contributed by atoms with Gasteiger partial charge in [-0.3, -0.25) is 4.68 Å². The summed E-state index contributed by atoms with van der Waals surface area (Å²) in [7, 11) is 1.55. The highest BCUT2D eigenvalue weighted by Gasteiger charge is 2.22. The highest BCUT2D eigenvalue weighted by atomic mass is 35.7. The Bertz CT molecular complexity index is 460. The van der Waals surface area contributed by atoms with Crippen LogP contribution in [-0.2, 0) is 9.05 Å². The molecule has 1 aliphatic rings. The summed E-state index contributed by atoms with van der Waals surface area (Å²) in [5.41, 5.74) is 0.862. The molecular formula is C9H13ClN2O2S. The third-order valence-corrected chi connectivity index (χ3v) is 3.99. The molecule has 0 saturated heterocycles. The number of halogens is 1. The van der Waals surface area contributed by atoms with E-state index in [1.54, 1.807) is 4.68 Å². The number of aryl methyl sites for hydroxylation is 1. The van der Waals surface area contributed by atoms with Gasteiger partial charge in [0, 0.05) is 16.4 Å². The molecule has 0 spiro atoms. The summed E-state index contributed by atoms with van der Waals surface area (Å²) >= 11 is 0. The van der Waals surface area contributed by atoms with Gasteiger partial charge >= 0.3 is 0 Å². The van der Waals surface area contributed by atoms with Crippen LogP contribution in [0.2, 0.25) is 0 Å². The van der Waals surface area contributed by atoms with Crippen molar-refractivity contribution in [3.05, 3.63) is 11.8 Å². The zero-order valence-electron chi connectivity index (χ0n) is 8.48. The summed E-state index contributed by atoms with van der Waals surface area (Å²) in [6.07, 6.45) is 4.52. The molecule has 15 heavy (non-hydrogen) atoms. The van der Waals surface area contributed by atoms with Gasteiger partial charge in [-0.15, -0.1) is 0 Å². The van der Waals surface area contributed by atoms with Gasteiger partial charge in [-0.25, -0.2) is 8.42 Å². The summed E-state index contributed by atoms with van der Waals surface area (Å²) in [6.45, 7) is 1.86. The molecule has 1 aromatic rings. The van der Waals surface area contributed by atoms with E-state index in [1.807, 2.05) is 6.92 Å². The lowest BCUT2D eigenvalue weighted by Gasteiger charge is -2.11. The van der Waals surface area contributed by atoms with Gasteiger partial charge < -0.3 is 0 Å². The van der Waals surface area contributed by atoms with Crippen molar-refractivity contribution >= 4 is 19.7 Å². The van der Waals surface area contributed by atoms with E-state index in [4.69, 9.17) is 10.7 Å². The average molecular weight is 249 g/mol. The Morgan fingerprint density at radius 1 is 1.47 bits per heavy atom. The van der Waals surface area contributed by atoms with Crippen LogP contribution in [0.3, 0.4) is 0 Å². The molecule has 0 unspecified atom stereocenters. The smallest absolute Gasteiger partial charge is 0.265 e. The summed E-state index contributed by atoms with van der Waals surface area (Å²) in [6, 6.07) is 1.87. The standard InChI is InChI=1S/C9H13ClN2O2S/c1-7-6-9(15(10,13)14)11-12(7)8-4-2-3-5-8/h6,8H,2-5H2,1H3. The van der Waals surface area contributed by atoms with Gasteiger partial charge in [0.15, 0.2) is 5.03 Å². The Morgan fingerprint density at radius 3 is 2.53 bits per heavy atom. The van der Waals surface area contributed by atoms with Crippen LogP contribution in [0.1, 0.15) is 37.4 Å². The van der Waals surface area contributed by atoms with Gasteiger partial charge in [-0.1, -0.05) is 12.8 Å². The molecule has 0 atom stereocenters. The average Bonchev–Trinajstić information content (AvgIpc) is 2.69. The quantitative estimate of drug-likeness (QED) is 0.755. The third-order valence-electron chi connectivity index (χ3n) is 2.82. The van der Waals surface area contributed by atoms with Crippen molar-refractivity contribution < 1.29 is 8.42 Å². The first-order valence-electron chi connectivity index (χ1n) is 4.99. The van der Waals surface area contributed by atoms with Crippen molar-refractivity contribution in [2.45, 2.75) is 43.7 Å². The molecule has 0 N–H and O–H groups in total. The molecule has 0 aliphatic heterocycles. The zero-order chi connectivity index (χ0) is 11.1. The second kappa shape index (κ2) is 3.79. The Kier molecular flexibility index (Phi) is 2.77. The lowest BCUT2D eigenvalue weighted by molar-refractivity contribution is 0.448. The second-order valence-electron chi connectivity index (χ2n) is 3.94. The Hall–Kier alpha value is -0.550. The predicted octanol–water partition coefficient (Wildman–Crippen LogP) is 2.23. The minimum atomic E-state index is -3.69. The maximum Gasteiger partial charge on any atom is 0.280 e. The van der Waals surface area contributed by atoms with Crippen molar-refractivity contribution in [3.8, 4) is 0 Å². The van der Waals surface area contributed by atoms with E-state index >= 15 is 0 Å². The molecule has 2 rings (SSSR count). The molecule has 0 amide bonds. The fraction of sp³-hybridized carbons (Fsp3) is 0.667. The van der Waals surface area contributed by atoms with E-state index in [0.717, 1.165) is 18.5 Å². The first-order valence-corrected chi connectivity index (χ1v) is 7.30. The number of hydrogen-bond acceptors (Lipinski definition) is 3. The van der Waals surface area contributed by atoms with Crippen molar-refractivity contribution in [2.24, 2.45) is 0 Å². The molecule has 1 saturated carbocycles. The van der Waals surface area contributed by atoms with Crippen LogP contribution >= 0.6 is 10.7 Å². The molecule has 4 nitrogen and oxygen atoms in total. The molecule has 6 heteroatoms. The Balaban J connectivity index is 2.37. The van der Waals surface area contributed by atoms with E-state index in [0.29, 0.717) is 6.04 Å². The lowest BCUT2D eigenvalue weighted by atomic mass is 10.2. The van der Waals surface area contributed by atoms with E-state index < -0.39 is 9.05 Å². The monoisotopic (exact) mass is 248 g/mol. The van der Waals surface area contributed by atoms with Crippen molar-refractivity contribution in [1.82, 2.24) is 9.78 Å². The molecule has 0 aromatic carbocycles. The van der Waals surface area contributed by atoms with Crippen LogP contribution in [0.5, 0.6) is 0 Å². The molecule has 1 heterocycles. The predicted molar refractivity (Wildman–Crippen MR) is 57.5 cm³/mol.